The van der Waals surface area contributed by atoms with Crippen LogP contribution in [0.4, 0.5) is 0 Å². The number of hydrogen-bond acceptors (Lipinski definition) is 5. The van der Waals surface area contributed by atoms with Crippen molar-refractivity contribution in [2.45, 2.75) is 52.6 Å². The van der Waals surface area contributed by atoms with Crippen molar-refractivity contribution in [3.63, 3.8) is 0 Å². The highest BCUT2D eigenvalue weighted by atomic mass is 16.5. The molecule has 6 heteroatoms. The molecule has 134 valence electrons. The van der Waals surface area contributed by atoms with Crippen molar-refractivity contribution in [2.24, 2.45) is 29.6 Å². The Morgan fingerprint density at radius 3 is 2.62 bits per heavy atom. The maximum Gasteiger partial charge on any atom is 0.316 e. The topological polar surface area (TPSA) is 95.5 Å². The molecule has 0 radical (unpaired) electrons. The number of carbonyl (C=O) groups excluding carboxylic acids is 3. The molecule has 0 spiro atoms. The molecule has 5 atom stereocenters. The fourth-order valence-electron chi connectivity index (χ4n) is 3.72. The van der Waals surface area contributed by atoms with Gasteiger partial charge in [-0.05, 0) is 43.4 Å². The van der Waals surface area contributed by atoms with Gasteiger partial charge in [-0.3, -0.25) is 9.59 Å². The third kappa shape index (κ3) is 3.97. The Balaban J connectivity index is 2.07. The summed E-state index contributed by atoms with van der Waals surface area (Å²) in [6.45, 7) is 10.1. The molecule has 2 aliphatic rings. The summed E-state index contributed by atoms with van der Waals surface area (Å²) in [7, 11) is 0. The smallest absolute Gasteiger partial charge is 0.316 e. The van der Waals surface area contributed by atoms with E-state index in [0.29, 0.717) is 11.8 Å². The minimum Gasteiger partial charge on any atom is -0.550 e. The minimum absolute atomic E-state index is 0.203. The highest BCUT2D eigenvalue weighted by Crippen LogP contribution is 2.37. The molecule has 1 amide bonds. The maximum absolute atomic E-state index is 12.6. The average Bonchev–Trinajstić information content (AvgIpc) is 2.74. The Bertz CT molecular complexity index is 542. The van der Waals surface area contributed by atoms with Crippen LogP contribution in [0.2, 0.25) is 0 Å². The van der Waals surface area contributed by atoms with Gasteiger partial charge in [0, 0.05) is 11.7 Å². The number of ether oxygens (including phenoxy) is 1. The van der Waals surface area contributed by atoms with Crippen LogP contribution in [0.15, 0.2) is 12.3 Å². The monoisotopic (exact) mass is 336 g/mol. The molecule has 6 nitrogen and oxygen atoms in total. The summed E-state index contributed by atoms with van der Waals surface area (Å²) in [5.41, 5.74) is 0.208. The van der Waals surface area contributed by atoms with E-state index in [4.69, 9.17) is 4.74 Å². The Morgan fingerprint density at radius 1 is 1.38 bits per heavy atom. The number of carboxylic acid groups (broad SMARTS) is 1. The number of nitrogens with one attached hydrogen (secondary N) is 1. The lowest BCUT2D eigenvalue weighted by Crippen LogP contribution is -2.38. The van der Waals surface area contributed by atoms with E-state index in [1.807, 2.05) is 0 Å². The minimum atomic E-state index is -1.37. The van der Waals surface area contributed by atoms with Gasteiger partial charge in [0.2, 0.25) is 5.91 Å². The third-order valence-corrected chi connectivity index (χ3v) is 5.41. The SMILES string of the molecule is C=C1NC(=O)[C@H](CC(=O)[O-])[C@H]1C(=O)O[C@@H]1C[C@H](C(C)C)CC[C@H]1C. The summed E-state index contributed by atoms with van der Waals surface area (Å²) in [5.74, 6) is -3.13. The molecule has 1 saturated heterocycles. The largest absolute Gasteiger partial charge is 0.550 e. The quantitative estimate of drug-likeness (QED) is 0.756. The van der Waals surface area contributed by atoms with Crippen molar-refractivity contribution in [3.8, 4) is 0 Å². The normalized spacial score (nSPS) is 33.4. The lowest BCUT2D eigenvalue weighted by Gasteiger charge is -2.36. The molecule has 0 bridgehead atoms. The highest BCUT2D eigenvalue weighted by Gasteiger charge is 2.44. The first-order chi connectivity index (χ1) is 11.2. The third-order valence-electron chi connectivity index (χ3n) is 5.41. The molecule has 0 unspecified atom stereocenters. The number of amides is 1. The zero-order valence-corrected chi connectivity index (χ0v) is 14.5. The van der Waals surface area contributed by atoms with Gasteiger partial charge in [-0.25, -0.2) is 0 Å². The first kappa shape index (κ1) is 18.5. The molecule has 0 aromatic carbocycles. The standard InChI is InChI=1S/C18H27NO5/c1-9(2)12-6-5-10(3)14(7-12)24-18(23)16-11(4)19-17(22)13(16)8-15(20)21/h9-10,12-14,16H,4-8H2,1-3H3,(H,19,22)(H,20,21)/p-1/t10-,12-,13-,14-,16+/m1/s1. The maximum atomic E-state index is 12.6. The highest BCUT2D eigenvalue weighted by molar-refractivity contribution is 5.94. The predicted octanol–water partition coefficient (Wildman–Crippen LogP) is 1.01. The first-order valence-corrected chi connectivity index (χ1v) is 8.60. The van der Waals surface area contributed by atoms with Gasteiger partial charge in [0.1, 0.15) is 12.0 Å². The van der Waals surface area contributed by atoms with Gasteiger partial charge in [0.05, 0.1) is 5.92 Å². The summed E-state index contributed by atoms with van der Waals surface area (Å²) in [4.78, 5) is 35.3. The summed E-state index contributed by atoms with van der Waals surface area (Å²) in [5, 5.41) is 13.3. The van der Waals surface area contributed by atoms with Crippen LogP contribution < -0.4 is 10.4 Å². The molecule has 1 aliphatic heterocycles. The van der Waals surface area contributed by atoms with Crippen molar-refractivity contribution in [1.29, 1.82) is 0 Å². The van der Waals surface area contributed by atoms with Gasteiger partial charge in [0.25, 0.3) is 0 Å². The van der Waals surface area contributed by atoms with Crippen LogP contribution in [-0.4, -0.2) is 23.9 Å². The van der Waals surface area contributed by atoms with Crippen molar-refractivity contribution in [1.82, 2.24) is 5.32 Å². The molecule has 0 aromatic rings. The van der Waals surface area contributed by atoms with Gasteiger partial charge >= 0.3 is 5.97 Å². The van der Waals surface area contributed by atoms with E-state index in [1.54, 1.807) is 0 Å². The molecular formula is C18H26NO5-. The lowest BCUT2D eigenvalue weighted by molar-refractivity contribution is -0.306. The lowest BCUT2D eigenvalue weighted by atomic mass is 9.76. The van der Waals surface area contributed by atoms with Crippen LogP contribution in [-0.2, 0) is 19.1 Å². The summed E-state index contributed by atoms with van der Waals surface area (Å²) < 4.78 is 5.69. The van der Waals surface area contributed by atoms with Gasteiger partial charge in [-0.15, -0.1) is 0 Å². The van der Waals surface area contributed by atoms with E-state index < -0.39 is 36.1 Å². The summed E-state index contributed by atoms with van der Waals surface area (Å²) in [6, 6.07) is 0. The Kier molecular flexibility index (Phi) is 5.67. The van der Waals surface area contributed by atoms with E-state index >= 15 is 0 Å². The zero-order chi connectivity index (χ0) is 18.0. The van der Waals surface area contributed by atoms with Gasteiger partial charge in [0.15, 0.2) is 0 Å². The Morgan fingerprint density at radius 2 is 2.04 bits per heavy atom. The number of rotatable bonds is 5. The van der Waals surface area contributed by atoms with Crippen LogP contribution in [0.25, 0.3) is 0 Å². The van der Waals surface area contributed by atoms with Gasteiger partial charge in [-0.1, -0.05) is 27.4 Å². The van der Waals surface area contributed by atoms with Crippen LogP contribution in [0.5, 0.6) is 0 Å². The van der Waals surface area contributed by atoms with Crippen LogP contribution in [0.3, 0.4) is 0 Å². The van der Waals surface area contributed by atoms with E-state index in [-0.39, 0.29) is 17.7 Å². The van der Waals surface area contributed by atoms with Crippen molar-refractivity contribution < 1.29 is 24.2 Å². The number of carboxylic acids is 1. The number of esters is 1. The van der Waals surface area contributed by atoms with E-state index in [2.05, 4.69) is 32.7 Å². The van der Waals surface area contributed by atoms with Crippen LogP contribution >= 0.6 is 0 Å². The molecule has 1 aliphatic carbocycles. The van der Waals surface area contributed by atoms with E-state index in [9.17, 15) is 19.5 Å². The second-order valence-corrected chi connectivity index (χ2v) is 7.44. The van der Waals surface area contributed by atoms with Gasteiger partial charge < -0.3 is 20.0 Å². The van der Waals surface area contributed by atoms with Crippen molar-refractivity contribution in [2.75, 3.05) is 0 Å². The molecule has 1 saturated carbocycles. The number of aliphatic carboxylic acids is 1. The summed E-state index contributed by atoms with van der Waals surface area (Å²) in [6.07, 6.45) is 2.20. The fourth-order valence-corrected chi connectivity index (χ4v) is 3.72. The number of carbonyl (C=O) groups is 3. The first-order valence-electron chi connectivity index (χ1n) is 8.60. The van der Waals surface area contributed by atoms with E-state index in [0.717, 1.165) is 19.3 Å². The molecular weight excluding hydrogens is 310 g/mol. The zero-order valence-electron chi connectivity index (χ0n) is 14.5. The molecule has 24 heavy (non-hydrogen) atoms. The van der Waals surface area contributed by atoms with Gasteiger partial charge in [-0.2, -0.15) is 0 Å². The average molecular weight is 336 g/mol. The second-order valence-electron chi connectivity index (χ2n) is 7.44. The Hall–Kier alpha value is -1.85. The number of hydrogen-bond donors (Lipinski definition) is 1. The fraction of sp³-hybridized carbons (Fsp3) is 0.722. The van der Waals surface area contributed by atoms with Crippen LogP contribution in [0.1, 0.15) is 46.5 Å². The van der Waals surface area contributed by atoms with Crippen molar-refractivity contribution in [3.05, 3.63) is 12.3 Å². The summed E-state index contributed by atoms with van der Waals surface area (Å²) >= 11 is 0. The molecule has 1 heterocycles. The molecule has 2 fully saturated rings. The molecule has 1 N–H and O–H groups in total. The van der Waals surface area contributed by atoms with E-state index in [1.165, 1.54) is 0 Å². The second kappa shape index (κ2) is 7.36. The van der Waals surface area contributed by atoms with Crippen LogP contribution in [0, 0.1) is 29.6 Å². The molecule has 0 aromatic heterocycles. The Labute approximate surface area is 142 Å². The molecule has 2 rings (SSSR count). The van der Waals surface area contributed by atoms with Crippen molar-refractivity contribution >= 4 is 17.8 Å². The predicted molar refractivity (Wildman–Crippen MR) is 85.1 cm³/mol.